The summed E-state index contributed by atoms with van der Waals surface area (Å²) in [6.45, 7) is -0.292. The van der Waals surface area contributed by atoms with Crippen LogP contribution in [0.2, 0.25) is 0 Å². The van der Waals surface area contributed by atoms with E-state index in [1.165, 1.54) is 24.3 Å². The molecule has 0 saturated carbocycles. The highest BCUT2D eigenvalue weighted by molar-refractivity contribution is 5.82. The Morgan fingerprint density at radius 3 is 2.57 bits per heavy atom. The highest BCUT2D eigenvalue weighted by Gasteiger charge is 2.09. The predicted octanol–water partition coefficient (Wildman–Crippen LogP) is 3.03. The number of rotatable bonds is 5. The minimum Gasteiger partial charge on any atom is -0.486 e. The molecule has 0 aliphatic carbocycles. The van der Waals surface area contributed by atoms with E-state index < -0.39 is 11.6 Å². The molecule has 0 aliphatic rings. The van der Waals surface area contributed by atoms with E-state index in [0.717, 1.165) is 6.07 Å². The van der Waals surface area contributed by atoms with Crippen LogP contribution in [0.3, 0.4) is 0 Å². The summed E-state index contributed by atoms with van der Waals surface area (Å²) in [6, 6.07) is 11.4. The normalized spacial score (nSPS) is 9.95. The van der Waals surface area contributed by atoms with Gasteiger partial charge in [0.25, 0.3) is 0 Å². The number of nitriles is 1. The first-order valence-corrected chi connectivity index (χ1v) is 6.17. The van der Waals surface area contributed by atoms with Crippen molar-refractivity contribution in [1.82, 2.24) is 0 Å². The number of ketones is 1. The van der Waals surface area contributed by atoms with Crippen LogP contribution in [0, 0.1) is 23.0 Å². The molecule has 0 aromatic heterocycles. The van der Waals surface area contributed by atoms with Crippen molar-refractivity contribution in [2.24, 2.45) is 0 Å². The molecule has 0 heterocycles. The van der Waals surface area contributed by atoms with Crippen molar-refractivity contribution in [3.8, 4) is 11.8 Å². The number of ether oxygens (including phenoxy) is 1. The van der Waals surface area contributed by atoms with Crippen LogP contribution in [0.1, 0.15) is 11.1 Å². The van der Waals surface area contributed by atoms with Crippen LogP contribution in [0.4, 0.5) is 8.78 Å². The molecule has 5 heteroatoms. The quantitative estimate of drug-likeness (QED) is 0.849. The van der Waals surface area contributed by atoms with Crippen molar-refractivity contribution >= 4 is 5.78 Å². The molecule has 0 spiro atoms. The van der Waals surface area contributed by atoms with Crippen molar-refractivity contribution in [3.05, 3.63) is 65.2 Å². The maximum Gasteiger partial charge on any atom is 0.174 e. The second-order valence-corrected chi connectivity index (χ2v) is 4.35. The molecular formula is C16H11F2NO2. The Kier molecular flexibility index (Phi) is 4.62. The van der Waals surface area contributed by atoms with Crippen LogP contribution in [0.15, 0.2) is 42.5 Å². The Balaban J connectivity index is 1.94. The Morgan fingerprint density at radius 1 is 1.14 bits per heavy atom. The van der Waals surface area contributed by atoms with Crippen molar-refractivity contribution in [2.75, 3.05) is 6.61 Å². The average molecular weight is 287 g/mol. The van der Waals surface area contributed by atoms with Gasteiger partial charge >= 0.3 is 0 Å². The second kappa shape index (κ2) is 6.62. The van der Waals surface area contributed by atoms with Gasteiger partial charge in [0.1, 0.15) is 30.1 Å². The molecule has 0 N–H and O–H groups in total. The zero-order valence-corrected chi connectivity index (χ0v) is 11.0. The number of carbonyl (C=O) groups excluding carboxylic acids is 1. The number of hydrogen-bond donors (Lipinski definition) is 0. The van der Waals surface area contributed by atoms with Crippen LogP contribution < -0.4 is 4.74 Å². The summed E-state index contributed by atoms with van der Waals surface area (Å²) in [6.07, 6.45) is -0.0918. The molecule has 21 heavy (non-hydrogen) atoms. The zero-order valence-electron chi connectivity index (χ0n) is 11.0. The van der Waals surface area contributed by atoms with E-state index in [0.29, 0.717) is 0 Å². The van der Waals surface area contributed by atoms with E-state index in [-0.39, 0.29) is 35.7 Å². The van der Waals surface area contributed by atoms with Gasteiger partial charge in [-0.2, -0.15) is 5.26 Å². The summed E-state index contributed by atoms with van der Waals surface area (Å²) in [7, 11) is 0. The predicted molar refractivity (Wildman–Crippen MR) is 71.7 cm³/mol. The lowest BCUT2D eigenvalue weighted by Gasteiger charge is -2.06. The molecule has 2 aromatic carbocycles. The van der Waals surface area contributed by atoms with E-state index >= 15 is 0 Å². The molecular weight excluding hydrogens is 276 g/mol. The van der Waals surface area contributed by atoms with Crippen LogP contribution >= 0.6 is 0 Å². The van der Waals surface area contributed by atoms with Crippen LogP contribution in [0.5, 0.6) is 5.75 Å². The molecule has 0 fully saturated rings. The van der Waals surface area contributed by atoms with Gasteiger partial charge in [0, 0.05) is 12.5 Å². The molecule has 0 saturated heterocycles. The van der Waals surface area contributed by atoms with Crippen molar-refractivity contribution < 1.29 is 18.3 Å². The third kappa shape index (κ3) is 3.86. The molecule has 3 nitrogen and oxygen atoms in total. The van der Waals surface area contributed by atoms with Crippen molar-refractivity contribution in [3.63, 3.8) is 0 Å². The molecule has 0 radical (unpaired) electrons. The highest BCUT2D eigenvalue weighted by atomic mass is 19.1. The number of carbonyl (C=O) groups is 1. The summed E-state index contributed by atoms with van der Waals surface area (Å²) in [5.74, 6) is -1.34. The number of Topliss-reactive ketones (excluding diaryl/α,β-unsaturated/α-hetero) is 1. The van der Waals surface area contributed by atoms with Gasteiger partial charge in [0.2, 0.25) is 0 Å². The van der Waals surface area contributed by atoms with E-state index in [2.05, 4.69) is 0 Å². The van der Waals surface area contributed by atoms with E-state index in [1.807, 2.05) is 0 Å². The van der Waals surface area contributed by atoms with Crippen LogP contribution in [-0.2, 0) is 11.2 Å². The second-order valence-electron chi connectivity index (χ2n) is 4.35. The maximum absolute atomic E-state index is 13.4. The van der Waals surface area contributed by atoms with Gasteiger partial charge < -0.3 is 4.74 Å². The Hall–Kier alpha value is -2.74. The number of halogens is 2. The summed E-state index contributed by atoms with van der Waals surface area (Å²) in [5.41, 5.74) is 0.192. The lowest BCUT2D eigenvalue weighted by atomic mass is 10.1. The van der Waals surface area contributed by atoms with Crippen LogP contribution in [0.25, 0.3) is 0 Å². The van der Waals surface area contributed by atoms with Crippen LogP contribution in [-0.4, -0.2) is 12.4 Å². The summed E-state index contributed by atoms with van der Waals surface area (Å²) in [5, 5.41) is 8.60. The van der Waals surface area contributed by atoms with Gasteiger partial charge in [-0.25, -0.2) is 8.78 Å². The van der Waals surface area contributed by atoms with Crippen molar-refractivity contribution in [1.29, 1.82) is 5.26 Å². The highest BCUT2D eigenvalue weighted by Crippen LogP contribution is 2.16. The molecule has 0 unspecified atom stereocenters. The minimum atomic E-state index is -0.712. The molecule has 0 amide bonds. The summed E-state index contributed by atoms with van der Waals surface area (Å²) >= 11 is 0. The fourth-order valence-corrected chi connectivity index (χ4v) is 1.75. The van der Waals surface area contributed by atoms with Gasteiger partial charge in [0.15, 0.2) is 5.78 Å². The smallest absolute Gasteiger partial charge is 0.174 e. The first kappa shape index (κ1) is 14.7. The molecule has 2 aromatic rings. The molecule has 106 valence electrons. The first-order valence-electron chi connectivity index (χ1n) is 6.17. The van der Waals surface area contributed by atoms with Crippen molar-refractivity contribution in [2.45, 2.75) is 6.42 Å². The first-order chi connectivity index (χ1) is 10.1. The topological polar surface area (TPSA) is 50.1 Å². The molecule has 2 rings (SSSR count). The van der Waals surface area contributed by atoms with E-state index in [9.17, 15) is 13.6 Å². The zero-order chi connectivity index (χ0) is 15.2. The van der Waals surface area contributed by atoms with Gasteiger partial charge in [0.05, 0.1) is 5.56 Å². The number of hydrogen-bond acceptors (Lipinski definition) is 3. The lowest BCUT2D eigenvalue weighted by Crippen LogP contribution is -2.14. The van der Waals surface area contributed by atoms with E-state index in [1.54, 1.807) is 18.2 Å². The van der Waals surface area contributed by atoms with Gasteiger partial charge in [-0.3, -0.25) is 4.79 Å². The summed E-state index contributed by atoms with van der Waals surface area (Å²) < 4.78 is 31.9. The summed E-state index contributed by atoms with van der Waals surface area (Å²) in [4.78, 5) is 11.7. The fourth-order valence-electron chi connectivity index (χ4n) is 1.75. The Bertz CT molecular complexity index is 708. The van der Waals surface area contributed by atoms with Gasteiger partial charge in [-0.05, 0) is 23.8 Å². The fraction of sp³-hybridized carbons (Fsp3) is 0.125. The Labute approximate surface area is 120 Å². The number of nitrogens with zero attached hydrogens (tertiary/aromatic N) is 1. The number of benzene rings is 2. The van der Waals surface area contributed by atoms with Gasteiger partial charge in [-0.15, -0.1) is 0 Å². The SMILES string of the molecule is N#Cc1ccc(OCC(=O)Cc2ccccc2F)cc1F. The minimum absolute atomic E-state index is 0.0918. The average Bonchev–Trinajstić information content (AvgIpc) is 2.48. The third-order valence-electron chi connectivity index (χ3n) is 2.81. The molecule has 0 atom stereocenters. The maximum atomic E-state index is 13.4. The molecule has 0 aliphatic heterocycles. The monoisotopic (exact) mass is 287 g/mol. The Morgan fingerprint density at radius 2 is 1.90 bits per heavy atom. The van der Waals surface area contributed by atoms with E-state index in [4.69, 9.17) is 10.00 Å². The van der Waals surface area contributed by atoms with Gasteiger partial charge in [-0.1, -0.05) is 18.2 Å². The largest absolute Gasteiger partial charge is 0.486 e. The third-order valence-corrected chi connectivity index (χ3v) is 2.81. The lowest BCUT2D eigenvalue weighted by molar-refractivity contribution is -0.120. The standard InChI is InChI=1S/C16H11F2NO2/c17-15-4-2-1-3-11(15)7-13(20)10-21-14-6-5-12(9-19)16(18)8-14/h1-6,8H,7,10H2. The molecule has 0 bridgehead atoms.